The number of nitriles is 1. The van der Waals surface area contributed by atoms with E-state index in [4.69, 9.17) is 9.47 Å². The summed E-state index contributed by atoms with van der Waals surface area (Å²) in [7, 11) is 3.12. The van der Waals surface area contributed by atoms with Gasteiger partial charge in [0, 0.05) is 5.69 Å². The van der Waals surface area contributed by atoms with Gasteiger partial charge in [-0.2, -0.15) is 5.26 Å². The third kappa shape index (κ3) is 3.39. The third-order valence-electron chi connectivity index (χ3n) is 4.65. The lowest BCUT2D eigenvalue weighted by Gasteiger charge is -2.39. The quantitative estimate of drug-likeness (QED) is 0.774. The van der Waals surface area contributed by atoms with Gasteiger partial charge in [0.2, 0.25) is 0 Å². The SMILES string of the molecule is COc1ccc(C2NC(=O)C(C#N)=C(S)N2c2ccc(C)cc2C)cc1OC. The number of amides is 1. The molecule has 0 saturated carbocycles. The number of nitrogens with one attached hydrogen (secondary N) is 1. The zero-order chi connectivity index (χ0) is 20.4. The summed E-state index contributed by atoms with van der Waals surface area (Å²) in [6.45, 7) is 4.00. The monoisotopic (exact) mass is 395 g/mol. The third-order valence-corrected chi connectivity index (χ3v) is 5.09. The van der Waals surface area contributed by atoms with Crippen LogP contribution in [0.5, 0.6) is 11.5 Å². The van der Waals surface area contributed by atoms with E-state index in [-0.39, 0.29) is 5.57 Å². The lowest BCUT2D eigenvalue weighted by Crippen LogP contribution is -2.46. The van der Waals surface area contributed by atoms with Crippen LogP contribution in [0.15, 0.2) is 47.0 Å². The number of anilines is 1. The smallest absolute Gasteiger partial charge is 0.266 e. The van der Waals surface area contributed by atoms with Crippen molar-refractivity contribution < 1.29 is 14.3 Å². The number of carbonyl (C=O) groups is 1. The zero-order valence-corrected chi connectivity index (χ0v) is 17.0. The van der Waals surface area contributed by atoms with Gasteiger partial charge in [-0.3, -0.25) is 4.79 Å². The normalized spacial score (nSPS) is 16.5. The number of aryl methyl sites for hydroxylation is 2. The molecule has 2 aromatic carbocycles. The van der Waals surface area contributed by atoms with Crippen LogP contribution in [0.4, 0.5) is 5.69 Å². The average Bonchev–Trinajstić information content (AvgIpc) is 2.68. The molecule has 1 heterocycles. The maximum atomic E-state index is 12.5. The number of ether oxygens (including phenoxy) is 2. The highest BCUT2D eigenvalue weighted by atomic mass is 32.1. The minimum atomic E-state index is -0.557. The molecule has 1 amide bonds. The van der Waals surface area contributed by atoms with Crippen molar-refractivity contribution in [3.8, 4) is 17.6 Å². The molecule has 0 spiro atoms. The second-order valence-electron chi connectivity index (χ2n) is 6.46. The van der Waals surface area contributed by atoms with Crippen molar-refractivity contribution >= 4 is 24.2 Å². The van der Waals surface area contributed by atoms with Gasteiger partial charge in [-0.05, 0) is 43.2 Å². The van der Waals surface area contributed by atoms with Crippen molar-refractivity contribution in [2.45, 2.75) is 20.0 Å². The Labute approximate surface area is 169 Å². The van der Waals surface area contributed by atoms with Gasteiger partial charge in [-0.15, -0.1) is 12.6 Å². The van der Waals surface area contributed by atoms with E-state index < -0.39 is 12.1 Å². The molecule has 28 heavy (non-hydrogen) atoms. The Morgan fingerprint density at radius 2 is 1.82 bits per heavy atom. The van der Waals surface area contributed by atoms with Crippen molar-refractivity contribution in [1.82, 2.24) is 5.32 Å². The number of hydrogen-bond acceptors (Lipinski definition) is 6. The minimum absolute atomic E-state index is 0.0277. The molecule has 7 heteroatoms. The Morgan fingerprint density at radius 3 is 2.43 bits per heavy atom. The summed E-state index contributed by atoms with van der Waals surface area (Å²) in [4.78, 5) is 14.3. The second kappa shape index (κ2) is 7.87. The van der Waals surface area contributed by atoms with Crippen molar-refractivity contribution in [1.29, 1.82) is 5.26 Å². The molecule has 1 unspecified atom stereocenters. The van der Waals surface area contributed by atoms with Crippen LogP contribution in [0, 0.1) is 25.2 Å². The lowest BCUT2D eigenvalue weighted by atomic mass is 10.0. The van der Waals surface area contributed by atoms with Gasteiger partial charge in [0.05, 0.1) is 19.2 Å². The Hall–Kier alpha value is -3.11. The number of thiol groups is 1. The standard InChI is InChI=1S/C21H21N3O3S/c1-12-5-7-16(13(2)9-12)24-19(23-20(25)15(11-22)21(24)28)14-6-8-17(26-3)18(10-14)27-4/h5-10,19,28H,1-4H3,(H,23,25). The summed E-state index contributed by atoms with van der Waals surface area (Å²) in [5.41, 5.74) is 3.72. The molecular weight excluding hydrogens is 374 g/mol. The van der Waals surface area contributed by atoms with E-state index in [1.807, 2.05) is 49.1 Å². The zero-order valence-electron chi connectivity index (χ0n) is 16.1. The molecule has 0 radical (unpaired) electrons. The van der Waals surface area contributed by atoms with E-state index in [0.29, 0.717) is 16.5 Å². The number of rotatable bonds is 4. The summed E-state index contributed by atoms with van der Waals surface area (Å²) >= 11 is 4.54. The molecule has 1 N–H and O–H groups in total. The van der Waals surface area contributed by atoms with Gasteiger partial charge in [-0.25, -0.2) is 0 Å². The highest BCUT2D eigenvalue weighted by Crippen LogP contribution is 2.39. The molecule has 0 aliphatic carbocycles. The van der Waals surface area contributed by atoms with Gasteiger partial charge in [0.25, 0.3) is 5.91 Å². The van der Waals surface area contributed by atoms with Crippen LogP contribution < -0.4 is 19.7 Å². The van der Waals surface area contributed by atoms with Crippen molar-refractivity contribution in [3.63, 3.8) is 0 Å². The van der Waals surface area contributed by atoms with Crippen LogP contribution in [-0.2, 0) is 4.79 Å². The van der Waals surface area contributed by atoms with Gasteiger partial charge < -0.3 is 19.7 Å². The minimum Gasteiger partial charge on any atom is -0.493 e. The predicted molar refractivity (Wildman–Crippen MR) is 110 cm³/mol. The number of hydrogen-bond donors (Lipinski definition) is 2. The second-order valence-corrected chi connectivity index (χ2v) is 6.88. The van der Waals surface area contributed by atoms with Crippen LogP contribution in [0.25, 0.3) is 0 Å². The molecule has 0 saturated heterocycles. The summed E-state index contributed by atoms with van der Waals surface area (Å²) in [5, 5.41) is 12.6. The fourth-order valence-electron chi connectivity index (χ4n) is 3.29. The van der Waals surface area contributed by atoms with Crippen LogP contribution in [0.1, 0.15) is 22.9 Å². The van der Waals surface area contributed by atoms with Gasteiger partial charge in [0.1, 0.15) is 17.8 Å². The Bertz CT molecular complexity index is 1010. The molecule has 0 fully saturated rings. The van der Waals surface area contributed by atoms with Crippen molar-refractivity contribution in [3.05, 3.63) is 63.7 Å². The number of carbonyl (C=O) groups excluding carboxylic acids is 1. The molecule has 1 aliphatic heterocycles. The topological polar surface area (TPSA) is 74.6 Å². The molecule has 2 aromatic rings. The highest BCUT2D eigenvalue weighted by Gasteiger charge is 2.35. The van der Waals surface area contributed by atoms with Crippen LogP contribution in [0.3, 0.4) is 0 Å². The Morgan fingerprint density at radius 1 is 1.11 bits per heavy atom. The predicted octanol–water partition coefficient (Wildman–Crippen LogP) is 3.62. The van der Waals surface area contributed by atoms with E-state index in [9.17, 15) is 10.1 Å². The van der Waals surface area contributed by atoms with Gasteiger partial charge in [0.15, 0.2) is 11.5 Å². The van der Waals surface area contributed by atoms with E-state index in [1.54, 1.807) is 26.4 Å². The van der Waals surface area contributed by atoms with Crippen LogP contribution in [-0.4, -0.2) is 20.1 Å². The first-order chi connectivity index (χ1) is 13.4. The van der Waals surface area contributed by atoms with Gasteiger partial charge in [-0.1, -0.05) is 23.8 Å². The summed E-state index contributed by atoms with van der Waals surface area (Å²) in [6.07, 6.45) is -0.557. The number of nitrogens with zero attached hydrogens (tertiary/aromatic N) is 2. The van der Waals surface area contributed by atoms with E-state index in [2.05, 4.69) is 17.9 Å². The maximum Gasteiger partial charge on any atom is 0.266 e. The average molecular weight is 395 g/mol. The molecular formula is C21H21N3O3S. The number of benzene rings is 2. The van der Waals surface area contributed by atoms with Crippen LogP contribution in [0.2, 0.25) is 0 Å². The van der Waals surface area contributed by atoms with Crippen LogP contribution >= 0.6 is 12.6 Å². The molecule has 0 aromatic heterocycles. The molecule has 0 bridgehead atoms. The lowest BCUT2D eigenvalue weighted by molar-refractivity contribution is -0.118. The molecule has 6 nitrogen and oxygen atoms in total. The highest BCUT2D eigenvalue weighted by molar-refractivity contribution is 7.84. The molecule has 3 rings (SSSR count). The van der Waals surface area contributed by atoms with E-state index >= 15 is 0 Å². The summed E-state index contributed by atoms with van der Waals surface area (Å²) in [6, 6.07) is 13.4. The molecule has 1 atom stereocenters. The first-order valence-electron chi connectivity index (χ1n) is 8.63. The fourth-order valence-corrected chi connectivity index (χ4v) is 3.66. The fraction of sp³-hybridized carbons (Fsp3) is 0.238. The number of methoxy groups -OCH3 is 2. The molecule has 1 aliphatic rings. The summed E-state index contributed by atoms with van der Waals surface area (Å²) in [5.74, 6) is 0.671. The largest absolute Gasteiger partial charge is 0.493 e. The first-order valence-corrected chi connectivity index (χ1v) is 9.08. The Kier molecular flexibility index (Phi) is 5.52. The van der Waals surface area contributed by atoms with Gasteiger partial charge >= 0.3 is 0 Å². The maximum absolute atomic E-state index is 12.5. The van der Waals surface area contributed by atoms with E-state index in [0.717, 1.165) is 22.4 Å². The summed E-state index contributed by atoms with van der Waals surface area (Å²) < 4.78 is 10.7. The molecule has 144 valence electrons. The van der Waals surface area contributed by atoms with E-state index in [1.165, 1.54) is 0 Å². The Balaban J connectivity index is 2.20. The van der Waals surface area contributed by atoms with Crippen molar-refractivity contribution in [2.24, 2.45) is 0 Å². The first kappa shape index (κ1) is 19.6. The van der Waals surface area contributed by atoms with Crippen molar-refractivity contribution in [2.75, 3.05) is 19.1 Å².